The van der Waals surface area contributed by atoms with Crippen molar-refractivity contribution < 1.29 is 22.7 Å². The van der Waals surface area contributed by atoms with Crippen molar-refractivity contribution in [3.8, 4) is 0 Å². The van der Waals surface area contributed by atoms with E-state index >= 15 is 0 Å². The van der Waals surface area contributed by atoms with Gasteiger partial charge in [0.15, 0.2) is 0 Å². The van der Waals surface area contributed by atoms with Crippen LogP contribution in [0.25, 0.3) is 0 Å². The van der Waals surface area contributed by atoms with Gasteiger partial charge in [-0.05, 0) is 25.1 Å². The Morgan fingerprint density at radius 1 is 1.39 bits per heavy atom. The number of methoxy groups -OCH3 is 1. The number of carbonyl (C=O) groups excluding carboxylic acids is 1. The van der Waals surface area contributed by atoms with Crippen molar-refractivity contribution in [3.05, 3.63) is 0 Å². The van der Waals surface area contributed by atoms with E-state index in [1.54, 1.807) is 14.0 Å². The fourth-order valence-corrected chi connectivity index (χ4v) is 1.57. The SMILES string of the molecule is COCCCNC(=O)C(C)NCCSC(F)(F)F. The summed E-state index contributed by atoms with van der Waals surface area (Å²) in [5.74, 6) is -0.326. The standard InChI is InChI=1S/C10H19F3N2O2S/c1-8(9(16)15-4-3-6-17-2)14-5-7-18-10(11,12)13/h8,14H,3-7H2,1-2H3,(H,15,16). The van der Waals surface area contributed by atoms with Crippen LogP contribution in [0.15, 0.2) is 0 Å². The number of nitrogens with one attached hydrogen (secondary N) is 2. The smallest absolute Gasteiger partial charge is 0.385 e. The van der Waals surface area contributed by atoms with E-state index in [1.807, 2.05) is 0 Å². The van der Waals surface area contributed by atoms with Crippen LogP contribution in [0.2, 0.25) is 0 Å². The molecule has 0 aliphatic carbocycles. The molecule has 8 heteroatoms. The summed E-state index contributed by atoms with van der Waals surface area (Å²) in [6.07, 6.45) is 0.707. The highest BCUT2D eigenvalue weighted by molar-refractivity contribution is 8.00. The van der Waals surface area contributed by atoms with Gasteiger partial charge in [0.25, 0.3) is 0 Å². The highest BCUT2D eigenvalue weighted by Crippen LogP contribution is 2.29. The third kappa shape index (κ3) is 10.7. The summed E-state index contributed by atoms with van der Waals surface area (Å²) < 4.78 is 40.3. The lowest BCUT2D eigenvalue weighted by Crippen LogP contribution is -2.43. The Balaban J connectivity index is 3.56. The normalized spacial score (nSPS) is 13.4. The Morgan fingerprint density at radius 2 is 2.06 bits per heavy atom. The van der Waals surface area contributed by atoms with E-state index in [-0.39, 0.29) is 30.0 Å². The summed E-state index contributed by atoms with van der Waals surface area (Å²) in [6, 6.07) is -0.499. The quantitative estimate of drug-likeness (QED) is 0.629. The number of hydrogen-bond donors (Lipinski definition) is 2. The average Bonchev–Trinajstić information content (AvgIpc) is 2.28. The summed E-state index contributed by atoms with van der Waals surface area (Å²) in [4.78, 5) is 11.5. The molecule has 0 aromatic heterocycles. The summed E-state index contributed by atoms with van der Waals surface area (Å²) in [5.41, 5.74) is -4.21. The van der Waals surface area contributed by atoms with E-state index in [0.29, 0.717) is 19.6 Å². The molecule has 1 atom stereocenters. The number of thioether (sulfide) groups is 1. The second kappa shape index (κ2) is 9.46. The van der Waals surface area contributed by atoms with Gasteiger partial charge in [0, 0.05) is 32.6 Å². The summed E-state index contributed by atoms with van der Waals surface area (Å²) in [5, 5.41) is 5.40. The minimum Gasteiger partial charge on any atom is -0.385 e. The molecule has 18 heavy (non-hydrogen) atoms. The molecular weight excluding hydrogens is 269 g/mol. The first-order valence-electron chi connectivity index (χ1n) is 5.57. The zero-order chi connectivity index (χ0) is 14.0. The third-order valence-corrected chi connectivity index (χ3v) is 2.77. The largest absolute Gasteiger partial charge is 0.441 e. The third-order valence-electron chi connectivity index (χ3n) is 2.04. The lowest BCUT2D eigenvalue weighted by atomic mass is 10.3. The molecule has 0 spiro atoms. The van der Waals surface area contributed by atoms with Gasteiger partial charge >= 0.3 is 5.51 Å². The van der Waals surface area contributed by atoms with Crippen LogP contribution >= 0.6 is 11.8 Å². The van der Waals surface area contributed by atoms with Crippen LogP contribution in [-0.4, -0.2) is 50.0 Å². The van der Waals surface area contributed by atoms with E-state index in [9.17, 15) is 18.0 Å². The fraction of sp³-hybridized carbons (Fsp3) is 0.900. The summed E-state index contributed by atoms with van der Waals surface area (Å²) >= 11 is -0.0990. The van der Waals surface area contributed by atoms with Crippen molar-refractivity contribution in [2.75, 3.05) is 32.6 Å². The predicted octanol–water partition coefficient (Wildman–Crippen LogP) is 1.37. The molecule has 0 aromatic rings. The molecule has 0 saturated carbocycles. The molecule has 0 bridgehead atoms. The topological polar surface area (TPSA) is 50.4 Å². The predicted molar refractivity (Wildman–Crippen MR) is 65.5 cm³/mol. The maximum atomic E-state index is 11.8. The Kier molecular flexibility index (Phi) is 9.21. The Hall–Kier alpha value is -0.470. The first kappa shape index (κ1) is 17.5. The van der Waals surface area contributed by atoms with Crippen LogP contribution in [0.3, 0.4) is 0 Å². The van der Waals surface area contributed by atoms with Crippen molar-refractivity contribution in [2.45, 2.75) is 24.9 Å². The van der Waals surface area contributed by atoms with Gasteiger partial charge in [-0.25, -0.2) is 0 Å². The molecule has 4 nitrogen and oxygen atoms in total. The molecule has 0 aliphatic rings. The first-order chi connectivity index (χ1) is 8.37. The molecule has 0 aliphatic heterocycles. The van der Waals surface area contributed by atoms with Gasteiger partial charge in [0.2, 0.25) is 5.91 Å². The van der Waals surface area contributed by atoms with Crippen LogP contribution in [-0.2, 0) is 9.53 Å². The van der Waals surface area contributed by atoms with E-state index < -0.39 is 11.6 Å². The highest BCUT2D eigenvalue weighted by atomic mass is 32.2. The van der Waals surface area contributed by atoms with Gasteiger partial charge in [-0.3, -0.25) is 4.79 Å². The molecule has 1 unspecified atom stereocenters. The molecule has 0 heterocycles. The second-order valence-electron chi connectivity index (χ2n) is 3.61. The number of ether oxygens (including phenoxy) is 1. The number of carbonyl (C=O) groups is 1. The molecule has 108 valence electrons. The van der Waals surface area contributed by atoms with Crippen LogP contribution in [0.4, 0.5) is 13.2 Å². The second-order valence-corrected chi connectivity index (χ2v) is 4.77. The van der Waals surface area contributed by atoms with Crippen molar-refractivity contribution in [1.29, 1.82) is 0 Å². The van der Waals surface area contributed by atoms with Crippen LogP contribution in [0.5, 0.6) is 0 Å². The highest BCUT2D eigenvalue weighted by Gasteiger charge is 2.27. The lowest BCUT2D eigenvalue weighted by Gasteiger charge is -2.14. The minimum atomic E-state index is -4.21. The van der Waals surface area contributed by atoms with E-state index in [4.69, 9.17) is 4.74 Å². The van der Waals surface area contributed by atoms with Gasteiger partial charge in [0.1, 0.15) is 0 Å². The number of rotatable bonds is 9. The maximum Gasteiger partial charge on any atom is 0.441 e. The summed E-state index contributed by atoms with van der Waals surface area (Å²) in [6.45, 7) is 2.81. The van der Waals surface area contributed by atoms with Gasteiger partial charge in [-0.1, -0.05) is 0 Å². The first-order valence-corrected chi connectivity index (χ1v) is 6.56. The van der Waals surface area contributed by atoms with E-state index in [2.05, 4.69) is 10.6 Å². The van der Waals surface area contributed by atoms with Gasteiger partial charge < -0.3 is 15.4 Å². The maximum absolute atomic E-state index is 11.8. The fourth-order valence-electron chi connectivity index (χ4n) is 1.12. The number of amides is 1. The van der Waals surface area contributed by atoms with Crippen molar-refractivity contribution in [2.24, 2.45) is 0 Å². The van der Waals surface area contributed by atoms with Crippen molar-refractivity contribution in [1.82, 2.24) is 10.6 Å². The van der Waals surface area contributed by atoms with Gasteiger partial charge in [-0.2, -0.15) is 13.2 Å². The Morgan fingerprint density at radius 3 is 2.61 bits per heavy atom. The number of alkyl halides is 3. The lowest BCUT2D eigenvalue weighted by molar-refractivity contribution is -0.122. The number of hydrogen-bond acceptors (Lipinski definition) is 4. The molecule has 2 N–H and O–H groups in total. The van der Waals surface area contributed by atoms with Gasteiger partial charge in [-0.15, -0.1) is 0 Å². The average molecular weight is 288 g/mol. The molecular formula is C10H19F3N2O2S. The van der Waals surface area contributed by atoms with Crippen LogP contribution < -0.4 is 10.6 Å². The molecule has 0 rings (SSSR count). The molecule has 0 aromatic carbocycles. The van der Waals surface area contributed by atoms with Crippen molar-refractivity contribution >= 4 is 17.7 Å². The van der Waals surface area contributed by atoms with E-state index in [0.717, 1.165) is 0 Å². The molecule has 0 fully saturated rings. The van der Waals surface area contributed by atoms with E-state index in [1.165, 1.54) is 0 Å². The van der Waals surface area contributed by atoms with Crippen LogP contribution in [0.1, 0.15) is 13.3 Å². The zero-order valence-corrected chi connectivity index (χ0v) is 11.3. The molecule has 0 radical (unpaired) electrons. The Bertz CT molecular complexity index is 240. The van der Waals surface area contributed by atoms with Gasteiger partial charge in [0.05, 0.1) is 6.04 Å². The summed E-state index contributed by atoms with van der Waals surface area (Å²) in [7, 11) is 1.57. The Labute approximate surface area is 109 Å². The van der Waals surface area contributed by atoms with Crippen LogP contribution in [0, 0.1) is 0 Å². The molecule has 1 amide bonds. The minimum absolute atomic E-state index is 0.0990. The molecule has 0 saturated heterocycles. The number of halogens is 3. The van der Waals surface area contributed by atoms with Crippen molar-refractivity contribution in [3.63, 3.8) is 0 Å². The monoisotopic (exact) mass is 288 g/mol. The zero-order valence-electron chi connectivity index (χ0n) is 10.5.